The number of hydrogen-bond acceptors (Lipinski definition) is 1. The third kappa shape index (κ3) is 5.28. The fourth-order valence-electron chi connectivity index (χ4n) is 0.606. The zero-order chi connectivity index (χ0) is 7.11. The number of aldehydes is 1. The van der Waals surface area contributed by atoms with Crippen molar-refractivity contribution in [3.63, 3.8) is 0 Å². The van der Waals surface area contributed by atoms with Gasteiger partial charge in [0.25, 0.3) is 0 Å². The maximum Gasteiger partial charge on any atom is 0.124 e. The number of rotatable bonds is 4. The lowest BCUT2D eigenvalue weighted by atomic mass is 10.2. The van der Waals surface area contributed by atoms with E-state index in [1.54, 1.807) is 0 Å². The quantitative estimate of drug-likeness (QED) is 0.417. The average Bonchev–Trinajstić information content (AvgIpc) is 1.85. The van der Waals surface area contributed by atoms with Crippen molar-refractivity contribution >= 4 is 6.29 Å². The first-order valence-corrected chi connectivity index (χ1v) is 3.40. The zero-order valence-corrected chi connectivity index (χ0v) is 6.18. The lowest BCUT2D eigenvalue weighted by Gasteiger charge is -1.90. The summed E-state index contributed by atoms with van der Waals surface area (Å²) in [6.45, 7) is 4.12. The molecule has 9 heavy (non-hydrogen) atoms. The van der Waals surface area contributed by atoms with Crippen LogP contribution in [0.15, 0.2) is 11.6 Å². The van der Waals surface area contributed by atoms with Gasteiger partial charge in [0, 0.05) is 6.42 Å². The molecule has 0 atom stereocenters. The second-order valence-corrected chi connectivity index (χ2v) is 2.21. The van der Waals surface area contributed by atoms with Gasteiger partial charge in [-0.05, 0) is 13.3 Å². The predicted octanol–water partition coefficient (Wildman–Crippen LogP) is 2.32. The van der Waals surface area contributed by atoms with Crippen molar-refractivity contribution in [2.45, 2.75) is 33.1 Å². The predicted molar refractivity (Wildman–Crippen MR) is 39.3 cm³/mol. The van der Waals surface area contributed by atoms with E-state index < -0.39 is 0 Å². The standard InChI is InChI=1S/C8H14O/c1-3-4-5-8(2)6-7-9/h5,7H,3-4,6H2,1-2H3/b8-5-. The molecule has 0 saturated carbocycles. The highest BCUT2D eigenvalue weighted by Gasteiger charge is 1.84. The topological polar surface area (TPSA) is 17.1 Å². The molecule has 0 radical (unpaired) electrons. The van der Waals surface area contributed by atoms with Crippen LogP contribution in [0.5, 0.6) is 0 Å². The lowest BCUT2D eigenvalue weighted by Crippen LogP contribution is -1.77. The van der Waals surface area contributed by atoms with Crippen molar-refractivity contribution in [3.8, 4) is 0 Å². The summed E-state index contributed by atoms with van der Waals surface area (Å²) in [6, 6.07) is 0. The summed E-state index contributed by atoms with van der Waals surface area (Å²) in [5, 5.41) is 0. The molecule has 0 aliphatic carbocycles. The average molecular weight is 126 g/mol. The molecule has 0 bridgehead atoms. The van der Waals surface area contributed by atoms with Crippen molar-refractivity contribution < 1.29 is 4.79 Å². The molecule has 52 valence electrons. The van der Waals surface area contributed by atoms with Crippen molar-refractivity contribution in [1.29, 1.82) is 0 Å². The van der Waals surface area contributed by atoms with Crippen LogP contribution in [0.4, 0.5) is 0 Å². The van der Waals surface area contributed by atoms with Crippen LogP contribution in [-0.2, 0) is 4.79 Å². The number of carbonyl (C=O) groups is 1. The molecule has 0 amide bonds. The monoisotopic (exact) mass is 126 g/mol. The minimum atomic E-state index is 0.597. The van der Waals surface area contributed by atoms with Gasteiger partial charge >= 0.3 is 0 Å². The van der Waals surface area contributed by atoms with Crippen LogP contribution in [0.3, 0.4) is 0 Å². The molecule has 0 aromatic carbocycles. The van der Waals surface area contributed by atoms with Gasteiger partial charge in [-0.1, -0.05) is 25.0 Å². The van der Waals surface area contributed by atoms with Crippen LogP contribution in [0, 0.1) is 0 Å². The Labute approximate surface area is 56.8 Å². The molecule has 0 aliphatic heterocycles. The van der Waals surface area contributed by atoms with E-state index in [4.69, 9.17) is 0 Å². The third-order valence-corrected chi connectivity index (χ3v) is 1.19. The molecule has 0 fully saturated rings. The van der Waals surface area contributed by atoms with E-state index in [0.717, 1.165) is 19.1 Å². The summed E-state index contributed by atoms with van der Waals surface area (Å²) in [7, 11) is 0. The summed E-state index contributed by atoms with van der Waals surface area (Å²) in [6.07, 6.45) is 5.92. The van der Waals surface area contributed by atoms with Crippen LogP contribution < -0.4 is 0 Å². The SMILES string of the molecule is CCC/C=C(/C)CC=O. The molecule has 0 aliphatic rings. The first-order valence-electron chi connectivity index (χ1n) is 3.40. The number of unbranched alkanes of at least 4 members (excludes halogenated alkanes) is 1. The van der Waals surface area contributed by atoms with E-state index in [1.807, 2.05) is 6.92 Å². The van der Waals surface area contributed by atoms with E-state index in [-0.39, 0.29) is 0 Å². The Bertz CT molecular complexity index is 103. The first-order chi connectivity index (χ1) is 4.31. The second kappa shape index (κ2) is 5.54. The summed E-state index contributed by atoms with van der Waals surface area (Å²) < 4.78 is 0. The van der Waals surface area contributed by atoms with E-state index >= 15 is 0 Å². The van der Waals surface area contributed by atoms with Gasteiger partial charge < -0.3 is 4.79 Å². The van der Waals surface area contributed by atoms with Gasteiger partial charge in [0.15, 0.2) is 0 Å². The molecule has 1 nitrogen and oxygen atoms in total. The Morgan fingerprint density at radius 3 is 2.67 bits per heavy atom. The molecule has 0 saturated heterocycles. The van der Waals surface area contributed by atoms with Gasteiger partial charge in [0.1, 0.15) is 6.29 Å². The summed E-state index contributed by atoms with van der Waals surface area (Å²) in [4.78, 5) is 9.94. The lowest BCUT2D eigenvalue weighted by molar-refractivity contribution is -0.107. The van der Waals surface area contributed by atoms with E-state index in [0.29, 0.717) is 6.42 Å². The Hall–Kier alpha value is -0.590. The minimum absolute atomic E-state index is 0.597. The van der Waals surface area contributed by atoms with Crippen LogP contribution in [0.2, 0.25) is 0 Å². The van der Waals surface area contributed by atoms with E-state index in [9.17, 15) is 4.79 Å². The number of carbonyl (C=O) groups excluding carboxylic acids is 1. The first kappa shape index (κ1) is 8.41. The van der Waals surface area contributed by atoms with Gasteiger partial charge in [-0.15, -0.1) is 0 Å². The van der Waals surface area contributed by atoms with Gasteiger partial charge in [-0.25, -0.2) is 0 Å². The van der Waals surface area contributed by atoms with E-state index in [1.165, 1.54) is 5.57 Å². The fraction of sp³-hybridized carbons (Fsp3) is 0.625. The molecular formula is C8H14O. The van der Waals surface area contributed by atoms with Crippen molar-refractivity contribution in [2.24, 2.45) is 0 Å². The molecule has 0 N–H and O–H groups in total. The summed E-state index contributed by atoms with van der Waals surface area (Å²) in [5.41, 5.74) is 1.19. The highest BCUT2D eigenvalue weighted by molar-refractivity contribution is 5.53. The Balaban J connectivity index is 3.42. The normalized spacial score (nSPS) is 11.6. The van der Waals surface area contributed by atoms with Crippen LogP contribution in [0.25, 0.3) is 0 Å². The highest BCUT2D eigenvalue weighted by Crippen LogP contribution is 1.99. The van der Waals surface area contributed by atoms with Crippen molar-refractivity contribution in [3.05, 3.63) is 11.6 Å². The van der Waals surface area contributed by atoms with Gasteiger partial charge in [-0.3, -0.25) is 0 Å². The van der Waals surface area contributed by atoms with Gasteiger partial charge in [0.05, 0.1) is 0 Å². The number of hydrogen-bond donors (Lipinski definition) is 0. The Kier molecular flexibility index (Phi) is 5.18. The molecule has 1 heteroatoms. The second-order valence-electron chi connectivity index (χ2n) is 2.21. The fourth-order valence-corrected chi connectivity index (χ4v) is 0.606. The maximum atomic E-state index is 9.94. The zero-order valence-electron chi connectivity index (χ0n) is 6.18. The van der Waals surface area contributed by atoms with Crippen LogP contribution >= 0.6 is 0 Å². The largest absolute Gasteiger partial charge is 0.303 e. The molecule has 0 spiro atoms. The molecule has 0 aromatic heterocycles. The Morgan fingerprint density at radius 2 is 2.22 bits per heavy atom. The summed E-state index contributed by atoms with van der Waals surface area (Å²) >= 11 is 0. The van der Waals surface area contributed by atoms with Crippen LogP contribution in [0.1, 0.15) is 33.1 Å². The highest BCUT2D eigenvalue weighted by atomic mass is 16.1. The van der Waals surface area contributed by atoms with Crippen molar-refractivity contribution in [1.82, 2.24) is 0 Å². The Morgan fingerprint density at radius 1 is 1.56 bits per heavy atom. The van der Waals surface area contributed by atoms with Crippen molar-refractivity contribution in [2.75, 3.05) is 0 Å². The third-order valence-electron chi connectivity index (χ3n) is 1.19. The van der Waals surface area contributed by atoms with Gasteiger partial charge in [-0.2, -0.15) is 0 Å². The number of allylic oxidation sites excluding steroid dienone is 2. The molecular weight excluding hydrogens is 112 g/mol. The maximum absolute atomic E-state index is 9.94. The van der Waals surface area contributed by atoms with E-state index in [2.05, 4.69) is 13.0 Å². The molecule has 0 unspecified atom stereocenters. The smallest absolute Gasteiger partial charge is 0.124 e. The van der Waals surface area contributed by atoms with Crippen LogP contribution in [-0.4, -0.2) is 6.29 Å². The minimum Gasteiger partial charge on any atom is -0.303 e. The molecule has 0 aromatic rings. The summed E-state index contributed by atoms with van der Waals surface area (Å²) in [5.74, 6) is 0. The van der Waals surface area contributed by atoms with Gasteiger partial charge in [0.2, 0.25) is 0 Å². The molecule has 0 heterocycles. The molecule has 0 rings (SSSR count).